The standard InChI is InChI=1S/C26H46O2/c1-4-6-7-21-10-17-25(19(3)18-21)22-11-13-23(14-12-22)26(27)28-24-15-8-20(5-2)9-16-24/h19-25H,4-18H2,1-3H3/t19?,20-,21?,22-,23-,24-,25?. The summed E-state index contributed by atoms with van der Waals surface area (Å²) >= 11 is 0. The Morgan fingerprint density at radius 1 is 0.857 bits per heavy atom. The summed E-state index contributed by atoms with van der Waals surface area (Å²) in [6.07, 6.45) is 19.4. The highest BCUT2D eigenvalue weighted by Gasteiger charge is 2.37. The lowest BCUT2D eigenvalue weighted by Crippen LogP contribution is -2.34. The molecule has 0 aromatic carbocycles. The molecule has 3 fully saturated rings. The van der Waals surface area contributed by atoms with Gasteiger partial charge in [0.1, 0.15) is 6.10 Å². The predicted molar refractivity (Wildman–Crippen MR) is 117 cm³/mol. The number of hydrogen-bond acceptors (Lipinski definition) is 2. The van der Waals surface area contributed by atoms with Gasteiger partial charge in [0.2, 0.25) is 0 Å². The second-order valence-corrected chi connectivity index (χ2v) is 10.6. The molecule has 0 aromatic rings. The Morgan fingerprint density at radius 2 is 1.54 bits per heavy atom. The van der Waals surface area contributed by atoms with Crippen LogP contribution in [0.15, 0.2) is 0 Å². The molecule has 0 aliphatic heterocycles. The maximum atomic E-state index is 12.7. The molecule has 3 aliphatic carbocycles. The molecule has 3 aliphatic rings. The van der Waals surface area contributed by atoms with Crippen molar-refractivity contribution < 1.29 is 9.53 Å². The van der Waals surface area contributed by atoms with Gasteiger partial charge in [0.15, 0.2) is 0 Å². The van der Waals surface area contributed by atoms with Crippen molar-refractivity contribution in [1.29, 1.82) is 0 Å². The summed E-state index contributed by atoms with van der Waals surface area (Å²) in [4.78, 5) is 12.7. The number of carbonyl (C=O) groups is 1. The molecule has 0 heterocycles. The van der Waals surface area contributed by atoms with Gasteiger partial charge < -0.3 is 4.74 Å². The fourth-order valence-corrected chi connectivity index (χ4v) is 6.69. The Bertz CT molecular complexity index is 457. The smallest absolute Gasteiger partial charge is 0.309 e. The normalized spacial score (nSPS) is 39.5. The van der Waals surface area contributed by atoms with Crippen LogP contribution >= 0.6 is 0 Å². The summed E-state index contributed by atoms with van der Waals surface area (Å²) in [6, 6.07) is 0. The van der Waals surface area contributed by atoms with Crippen LogP contribution in [0, 0.1) is 35.5 Å². The largest absolute Gasteiger partial charge is 0.462 e. The van der Waals surface area contributed by atoms with E-state index in [0.29, 0.717) is 0 Å². The zero-order valence-electron chi connectivity index (χ0n) is 19.0. The molecule has 0 radical (unpaired) electrons. The number of hydrogen-bond donors (Lipinski definition) is 0. The van der Waals surface area contributed by atoms with Crippen LogP contribution in [0.4, 0.5) is 0 Å². The molecular weight excluding hydrogens is 344 g/mol. The molecular formula is C26H46O2. The number of unbranched alkanes of at least 4 members (excludes halogenated alkanes) is 1. The summed E-state index contributed by atoms with van der Waals surface area (Å²) in [7, 11) is 0. The summed E-state index contributed by atoms with van der Waals surface area (Å²) in [6.45, 7) is 7.11. The second-order valence-electron chi connectivity index (χ2n) is 10.6. The highest BCUT2D eigenvalue weighted by Crippen LogP contribution is 2.45. The quantitative estimate of drug-likeness (QED) is 0.419. The molecule has 3 unspecified atom stereocenters. The van der Waals surface area contributed by atoms with E-state index >= 15 is 0 Å². The summed E-state index contributed by atoms with van der Waals surface area (Å²) in [5, 5.41) is 0. The third kappa shape index (κ3) is 5.99. The first kappa shape index (κ1) is 22.2. The second kappa shape index (κ2) is 11.0. The van der Waals surface area contributed by atoms with E-state index in [1.54, 1.807) is 0 Å². The molecule has 0 saturated heterocycles. The summed E-state index contributed by atoms with van der Waals surface area (Å²) in [5.74, 6) is 4.85. The van der Waals surface area contributed by atoms with Crippen molar-refractivity contribution in [3.05, 3.63) is 0 Å². The maximum absolute atomic E-state index is 12.7. The zero-order valence-corrected chi connectivity index (χ0v) is 19.0. The average Bonchev–Trinajstić information content (AvgIpc) is 2.73. The first-order valence-electron chi connectivity index (χ1n) is 12.8. The minimum absolute atomic E-state index is 0.134. The lowest BCUT2D eigenvalue weighted by atomic mass is 9.64. The number of rotatable bonds is 7. The minimum atomic E-state index is 0.134. The van der Waals surface area contributed by atoms with Crippen LogP contribution in [0.1, 0.15) is 117 Å². The third-order valence-electron chi connectivity index (χ3n) is 8.67. The molecule has 2 heteroatoms. The summed E-state index contributed by atoms with van der Waals surface area (Å²) < 4.78 is 5.94. The van der Waals surface area contributed by atoms with Gasteiger partial charge in [-0.25, -0.2) is 0 Å². The van der Waals surface area contributed by atoms with E-state index in [9.17, 15) is 4.79 Å². The van der Waals surface area contributed by atoms with Gasteiger partial charge in [-0.05, 0) is 93.8 Å². The number of esters is 1. The van der Waals surface area contributed by atoms with Crippen LogP contribution in [-0.2, 0) is 9.53 Å². The van der Waals surface area contributed by atoms with E-state index in [1.807, 2.05) is 0 Å². The van der Waals surface area contributed by atoms with Gasteiger partial charge in [0.25, 0.3) is 0 Å². The molecule has 28 heavy (non-hydrogen) atoms. The van der Waals surface area contributed by atoms with Gasteiger partial charge in [-0.15, -0.1) is 0 Å². The molecule has 0 bridgehead atoms. The van der Waals surface area contributed by atoms with Gasteiger partial charge in [-0.2, -0.15) is 0 Å². The predicted octanol–water partition coefficient (Wildman–Crippen LogP) is 7.55. The highest BCUT2D eigenvalue weighted by molar-refractivity contribution is 5.72. The minimum Gasteiger partial charge on any atom is -0.462 e. The van der Waals surface area contributed by atoms with Crippen molar-refractivity contribution >= 4 is 5.97 Å². The first-order valence-corrected chi connectivity index (χ1v) is 12.8. The molecule has 162 valence electrons. The summed E-state index contributed by atoms with van der Waals surface area (Å²) in [5.41, 5.74) is 0. The lowest BCUT2D eigenvalue weighted by Gasteiger charge is -2.41. The molecule has 3 saturated carbocycles. The zero-order chi connectivity index (χ0) is 19.9. The molecule has 0 N–H and O–H groups in total. The van der Waals surface area contributed by atoms with Crippen LogP contribution < -0.4 is 0 Å². The van der Waals surface area contributed by atoms with Gasteiger partial charge in [0, 0.05) is 0 Å². The molecule has 3 atom stereocenters. The fraction of sp³-hybridized carbons (Fsp3) is 0.962. The van der Waals surface area contributed by atoms with Crippen LogP contribution in [0.2, 0.25) is 0 Å². The van der Waals surface area contributed by atoms with Gasteiger partial charge in [-0.3, -0.25) is 4.79 Å². The topological polar surface area (TPSA) is 26.3 Å². The van der Waals surface area contributed by atoms with Crippen molar-refractivity contribution in [2.45, 2.75) is 123 Å². The Morgan fingerprint density at radius 3 is 2.14 bits per heavy atom. The van der Waals surface area contributed by atoms with Crippen LogP contribution in [-0.4, -0.2) is 12.1 Å². The molecule has 0 amide bonds. The van der Waals surface area contributed by atoms with E-state index in [-0.39, 0.29) is 18.0 Å². The Balaban J connectivity index is 1.38. The highest BCUT2D eigenvalue weighted by atomic mass is 16.5. The molecule has 0 spiro atoms. The first-order chi connectivity index (χ1) is 13.6. The van der Waals surface area contributed by atoms with Crippen molar-refractivity contribution in [3.8, 4) is 0 Å². The van der Waals surface area contributed by atoms with Gasteiger partial charge >= 0.3 is 5.97 Å². The van der Waals surface area contributed by atoms with Crippen molar-refractivity contribution in [2.75, 3.05) is 0 Å². The molecule has 0 aromatic heterocycles. The van der Waals surface area contributed by atoms with Crippen molar-refractivity contribution in [1.82, 2.24) is 0 Å². The monoisotopic (exact) mass is 390 g/mol. The van der Waals surface area contributed by atoms with E-state index in [1.165, 1.54) is 70.6 Å². The van der Waals surface area contributed by atoms with Gasteiger partial charge in [-0.1, -0.05) is 52.9 Å². The average molecular weight is 391 g/mol. The van der Waals surface area contributed by atoms with Crippen molar-refractivity contribution in [3.63, 3.8) is 0 Å². The van der Waals surface area contributed by atoms with E-state index < -0.39 is 0 Å². The molecule has 3 rings (SSSR count). The lowest BCUT2D eigenvalue weighted by molar-refractivity contribution is -0.157. The Kier molecular flexibility index (Phi) is 8.72. The molecule has 2 nitrogen and oxygen atoms in total. The van der Waals surface area contributed by atoms with E-state index in [4.69, 9.17) is 4.74 Å². The van der Waals surface area contributed by atoms with Gasteiger partial charge in [0.05, 0.1) is 5.92 Å². The number of ether oxygens (including phenoxy) is 1. The SMILES string of the molecule is CCCCC1CCC([C@H]2CC[C@H](C(=O)O[C@H]3CC[C@H](CC)CC3)CC2)C(C)C1. The van der Waals surface area contributed by atoms with Crippen LogP contribution in [0.3, 0.4) is 0 Å². The van der Waals surface area contributed by atoms with Crippen molar-refractivity contribution in [2.24, 2.45) is 35.5 Å². The number of carbonyl (C=O) groups excluding carboxylic acids is 1. The van der Waals surface area contributed by atoms with Crippen LogP contribution in [0.25, 0.3) is 0 Å². The fourth-order valence-electron chi connectivity index (χ4n) is 6.69. The Labute approximate surface area is 174 Å². The maximum Gasteiger partial charge on any atom is 0.309 e. The third-order valence-corrected chi connectivity index (χ3v) is 8.67. The van der Waals surface area contributed by atoms with E-state index in [2.05, 4.69) is 20.8 Å². The van der Waals surface area contributed by atoms with E-state index in [0.717, 1.165) is 55.3 Å². The van der Waals surface area contributed by atoms with Crippen LogP contribution in [0.5, 0.6) is 0 Å². The Hall–Kier alpha value is -0.530.